The fraction of sp³-hybridized carbons (Fsp3) is 0.550. The minimum atomic E-state index is -0.586. The summed E-state index contributed by atoms with van der Waals surface area (Å²) in [7, 11) is 1.49. The van der Waals surface area contributed by atoms with Crippen LogP contribution in [0.2, 0.25) is 0 Å². The van der Waals surface area contributed by atoms with Crippen LogP contribution in [0, 0.1) is 0 Å². The summed E-state index contributed by atoms with van der Waals surface area (Å²) in [6, 6.07) is 7.54. The van der Waals surface area contributed by atoms with Gasteiger partial charge in [0.15, 0.2) is 12.7 Å². The SMILES string of the molecule is CN(CC(=O)Nc1ccc(N2CCOCC2)cc1)C(=O)COC(=O)[C@@H]1CCCO1. The molecular weight excluding hydrogens is 378 g/mol. The fourth-order valence-electron chi connectivity index (χ4n) is 3.18. The van der Waals surface area contributed by atoms with Crippen molar-refractivity contribution >= 4 is 29.2 Å². The average molecular weight is 405 g/mol. The molecule has 158 valence electrons. The molecule has 1 aromatic carbocycles. The average Bonchev–Trinajstić information content (AvgIpc) is 3.28. The molecule has 1 N–H and O–H groups in total. The van der Waals surface area contributed by atoms with E-state index in [1.165, 1.54) is 11.9 Å². The number of ether oxygens (including phenoxy) is 3. The lowest BCUT2D eigenvalue weighted by Gasteiger charge is -2.28. The molecule has 9 heteroatoms. The van der Waals surface area contributed by atoms with E-state index in [-0.39, 0.29) is 12.5 Å². The zero-order chi connectivity index (χ0) is 20.6. The molecule has 0 aliphatic carbocycles. The van der Waals surface area contributed by atoms with Crippen LogP contribution in [-0.2, 0) is 28.6 Å². The quantitative estimate of drug-likeness (QED) is 0.665. The summed E-state index contributed by atoms with van der Waals surface area (Å²) in [4.78, 5) is 39.5. The van der Waals surface area contributed by atoms with Crippen molar-refractivity contribution in [3.05, 3.63) is 24.3 Å². The summed E-state index contributed by atoms with van der Waals surface area (Å²) in [5.74, 6) is -1.31. The van der Waals surface area contributed by atoms with Gasteiger partial charge in [0.1, 0.15) is 0 Å². The van der Waals surface area contributed by atoms with E-state index in [9.17, 15) is 14.4 Å². The number of esters is 1. The molecule has 1 aromatic rings. The topological polar surface area (TPSA) is 97.4 Å². The molecule has 2 saturated heterocycles. The third-order valence-corrected chi connectivity index (χ3v) is 4.86. The predicted molar refractivity (Wildman–Crippen MR) is 106 cm³/mol. The molecule has 0 saturated carbocycles. The van der Waals surface area contributed by atoms with Gasteiger partial charge >= 0.3 is 5.97 Å². The van der Waals surface area contributed by atoms with E-state index in [4.69, 9.17) is 14.2 Å². The van der Waals surface area contributed by atoms with Gasteiger partial charge < -0.3 is 29.3 Å². The minimum absolute atomic E-state index is 0.137. The Morgan fingerprint density at radius 2 is 1.90 bits per heavy atom. The van der Waals surface area contributed by atoms with Gasteiger partial charge in [-0.3, -0.25) is 9.59 Å². The van der Waals surface area contributed by atoms with Gasteiger partial charge in [-0.1, -0.05) is 0 Å². The van der Waals surface area contributed by atoms with Crippen LogP contribution in [0.5, 0.6) is 0 Å². The van der Waals surface area contributed by atoms with Gasteiger partial charge in [-0.15, -0.1) is 0 Å². The Hall–Kier alpha value is -2.65. The standard InChI is InChI=1S/C20H27N3O6/c1-22(19(25)14-29-20(26)17-3-2-10-28-17)13-18(24)21-15-4-6-16(7-5-15)23-8-11-27-12-9-23/h4-7,17H,2-3,8-14H2,1H3,(H,21,24)/t17-/m0/s1. The predicted octanol–water partition coefficient (Wildman–Crippen LogP) is 0.642. The second-order valence-corrected chi connectivity index (χ2v) is 7.05. The molecule has 2 heterocycles. The van der Waals surface area contributed by atoms with E-state index in [2.05, 4.69) is 10.2 Å². The lowest BCUT2D eigenvalue weighted by atomic mass is 10.2. The summed E-state index contributed by atoms with van der Waals surface area (Å²) < 4.78 is 15.5. The van der Waals surface area contributed by atoms with Crippen LogP contribution >= 0.6 is 0 Å². The van der Waals surface area contributed by atoms with Crippen LogP contribution in [0.15, 0.2) is 24.3 Å². The normalized spacial score (nSPS) is 18.9. The number of carbonyl (C=O) groups is 3. The number of carbonyl (C=O) groups excluding carboxylic acids is 3. The van der Waals surface area contributed by atoms with E-state index in [1.54, 1.807) is 0 Å². The van der Waals surface area contributed by atoms with Gasteiger partial charge in [0.25, 0.3) is 5.91 Å². The Labute approximate surface area is 169 Å². The summed E-state index contributed by atoms with van der Waals surface area (Å²) in [6.07, 6.45) is 0.827. The lowest BCUT2D eigenvalue weighted by molar-refractivity contribution is -0.159. The molecular formula is C20H27N3O6. The highest BCUT2D eigenvalue weighted by molar-refractivity contribution is 5.95. The molecule has 0 aromatic heterocycles. The van der Waals surface area contributed by atoms with Crippen LogP contribution in [0.25, 0.3) is 0 Å². The zero-order valence-electron chi connectivity index (χ0n) is 16.6. The van der Waals surface area contributed by atoms with Crippen molar-refractivity contribution in [2.24, 2.45) is 0 Å². The summed E-state index contributed by atoms with van der Waals surface area (Å²) in [5, 5.41) is 2.76. The number of amides is 2. The third kappa shape index (κ3) is 6.16. The van der Waals surface area contributed by atoms with Gasteiger partial charge in [0.2, 0.25) is 5.91 Å². The van der Waals surface area contributed by atoms with Crippen LogP contribution in [-0.4, -0.2) is 81.9 Å². The molecule has 1 atom stereocenters. The molecule has 0 bridgehead atoms. The Kier molecular flexibility index (Phi) is 7.42. The summed E-state index contributed by atoms with van der Waals surface area (Å²) in [5.41, 5.74) is 1.73. The molecule has 2 aliphatic rings. The highest BCUT2D eigenvalue weighted by atomic mass is 16.6. The Morgan fingerprint density at radius 3 is 2.55 bits per heavy atom. The molecule has 2 amide bonds. The first kappa shape index (κ1) is 21.1. The molecule has 29 heavy (non-hydrogen) atoms. The number of likely N-dealkylation sites (N-methyl/N-ethyl adjacent to an activating group) is 1. The second kappa shape index (κ2) is 10.2. The van der Waals surface area contributed by atoms with Gasteiger partial charge in [-0.25, -0.2) is 4.79 Å². The number of morpholine rings is 1. The highest BCUT2D eigenvalue weighted by Gasteiger charge is 2.26. The number of benzene rings is 1. The summed E-state index contributed by atoms with van der Waals surface area (Å²) >= 11 is 0. The van der Waals surface area contributed by atoms with Crippen molar-refractivity contribution in [2.75, 3.05) is 63.3 Å². The monoisotopic (exact) mass is 405 g/mol. The Bertz CT molecular complexity index is 711. The molecule has 0 radical (unpaired) electrons. The first-order valence-electron chi connectivity index (χ1n) is 9.78. The van der Waals surface area contributed by atoms with E-state index in [1.807, 2.05) is 24.3 Å². The first-order chi connectivity index (χ1) is 14.0. The van der Waals surface area contributed by atoms with Crippen LogP contribution in [0.4, 0.5) is 11.4 Å². The molecule has 0 unspecified atom stereocenters. The number of nitrogens with one attached hydrogen (secondary N) is 1. The zero-order valence-corrected chi connectivity index (χ0v) is 16.6. The van der Waals surface area contributed by atoms with Crippen molar-refractivity contribution in [2.45, 2.75) is 18.9 Å². The molecule has 2 aliphatic heterocycles. The van der Waals surface area contributed by atoms with Crippen molar-refractivity contribution in [1.82, 2.24) is 4.90 Å². The van der Waals surface area contributed by atoms with Gasteiger partial charge in [0, 0.05) is 38.1 Å². The largest absolute Gasteiger partial charge is 0.454 e. The van der Waals surface area contributed by atoms with E-state index >= 15 is 0 Å². The first-order valence-corrected chi connectivity index (χ1v) is 9.78. The maximum absolute atomic E-state index is 12.2. The van der Waals surface area contributed by atoms with Crippen molar-refractivity contribution in [1.29, 1.82) is 0 Å². The Morgan fingerprint density at radius 1 is 1.17 bits per heavy atom. The van der Waals surface area contributed by atoms with Crippen LogP contribution in [0.1, 0.15) is 12.8 Å². The minimum Gasteiger partial charge on any atom is -0.454 e. The van der Waals surface area contributed by atoms with Gasteiger partial charge in [-0.2, -0.15) is 0 Å². The number of hydrogen-bond acceptors (Lipinski definition) is 7. The van der Waals surface area contributed by atoms with Crippen molar-refractivity contribution in [3.63, 3.8) is 0 Å². The second-order valence-electron chi connectivity index (χ2n) is 7.05. The molecule has 2 fully saturated rings. The van der Waals surface area contributed by atoms with Gasteiger partial charge in [0.05, 0.1) is 19.8 Å². The smallest absolute Gasteiger partial charge is 0.335 e. The molecule has 0 spiro atoms. The van der Waals surface area contributed by atoms with E-state index in [0.29, 0.717) is 31.9 Å². The number of rotatable bonds is 7. The van der Waals surface area contributed by atoms with Crippen LogP contribution < -0.4 is 10.2 Å². The maximum Gasteiger partial charge on any atom is 0.335 e. The Balaban J connectivity index is 1.40. The lowest BCUT2D eigenvalue weighted by Crippen LogP contribution is -2.38. The van der Waals surface area contributed by atoms with E-state index in [0.717, 1.165) is 25.2 Å². The van der Waals surface area contributed by atoms with Crippen molar-refractivity contribution < 1.29 is 28.6 Å². The molecule has 9 nitrogen and oxygen atoms in total. The number of anilines is 2. The maximum atomic E-state index is 12.2. The van der Waals surface area contributed by atoms with Crippen LogP contribution in [0.3, 0.4) is 0 Å². The fourth-order valence-corrected chi connectivity index (χ4v) is 3.18. The summed E-state index contributed by atoms with van der Waals surface area (Å²) in [6.45, 7) is 3.09. The highest BCUT2D eigenvalue weighted by Crippen LogP contribution is 2.19. The van der Waals surface area contributed by atoms with E-state index < -0.39 is 24.6 Å². The number of nitrogens with zero attached hydrogens (tertiary/aromatic N) is 2. The molecule has 3 rings (SSSR count). The third-order valence-electron chi connectivity index (χ3n) is 4.86. The van der Waals surface area contributed by atoms with Crippen molar-refractivity contribution in [3.8, 4) is 0 Å². The number of hydrogen-bond donors (Lipinski definition) is 1. The van der Waals surface area contributed by atoms with Gasteiger partial charge in [-0.05, 0) is 37.1 Å².